The summed E-state index contributed by atoms with van der Waals surface area (Å²) < 4.78 is 18.8. The molecule has 1 unspecified atom stereocenters. The van der Waals surface area contributed by atoms with Gasteiger partial charge in [-0.3, -0.25) is 19.5 Å². The van der Waals surface area contributed by atoms with Gasteiger partial charge in [-0.25, -0.2) is 19.6 Å². The Bertz CT molecular complexity index is 2790. The first kappa shape index (κ1) is 54.7. The third-order valence-electron chi connectivity index (χ3n) is 12.6. The summed E-state index contributed by atoms with van der Waals surface area (Å²) in [5.74, 6) is 1.37. The first-order valence-electron chi connectivity index (χ1n) is 22.0. The largest absolute Gasteiger partial charge is 0.464 e. The van der Waals surface area contributed by atoms with Crippen molar-refractivity contribution in [1.82, 2.24) is 50.3 Å². The highest BCUT2D eigenvalue weighted by molar-refractivity contribution is 7.59. The number of aromatic amines is 2. The number of aromatic nitrogens is 5. The summed E-state index contributed by atoms with van der Waals surface area (Å²) in [6.07, 6.45) is 2.95. The molecule has 3 aliphatic heterocycles. The maximum atomic E-state index is 13.8. The van der Waals surface area contributed by atoms with Crippen molar-refractivity contribution in [3.05, 3.63) is 88.4 Å². The predicted octanol–water partition coefficient (Wildman–Crippen LogP) is 7.70. The molecule has 4 amide bonds. The van der Waals surface area contributed by atoms with Crippen molar-refractivity contribution in [3.63, 3.8) is 0 Å². The van der Waals surface area contributed by atoms with Crippen LogP contribution in [0, 0.1) is 18.8 Å². The average Bonchev–Trinajstić information content (AvgIpc) is 4.16. The summed E-state index contributed by atoms with van der Waals surface area (Å²) in [6, 6.07) is 17.2. The number of H-pyrrole nitrogens is 2. The molecule has 2 fully saturated rings. The number of aryl methyl sites for hydroxylation is 1. The van der Waals surface area contributed by atoms with Crippen molar-refractivity contribution in [1.29, 1.82) is 0 Å². The summed E-state index contributed by atoms with van der Waals surface area (Å²) in [6.45, 7) is 11.3. The van der Waals surface area contributed by atoms with Gasteiger partial charge in [0.05, 0.1) is 60.1 Å². The zero-order valence-corrected chi connectivity index (χ0v) is 44.2. The molecule has 2 aromatic carbocycles. The molecule has 372 valence electrons. The summed E-state index contributed by atoms with van der Waals surface area (Å²) in [7, 11) is 2.57. The highest BCUT2D eigenvalue weighted by Gasteiger charge is 2.39. The molecule has 0 radical (unpaired) electrons. The lowest BCUT2D eigenvalue weighted by atomic mass is 10.0. The number of ether oxygens (including phenoxy) is 3. The second-order valence-electron chi connectivity index (χ2n) is 17.5. The number of imidazole rings is 2. The molecule has 0 bridgehead atoms. The average molecular weight is 1040 g/mol. The number of amides is 4. The van der Waals surface area contributed by atoms with Crippen molar-refractivity contribution in [2.24, 2.45) is 11.8 Å². The summed E-state index contributed by atoms with van der Waals surface area (Å²) in [5, 5.41) is 9.82. The molecule has 4 aromatic heterocycles. The molecule has 5 atom stereocenters. The Balaban J connectivity index is 0.00000222. The van der Waals surface area contributed by atoms with Gasteiger partial charge in [-0.15, -0.1) is 11.3 Å². The number of methoxy groups -OCH3 is 2. The molecule has 2 saturated heterocycles. The van der Waals surface area contributed by atoms with Crippen LogP contribution >= 0.6 is 65.3 Å². The monoisotopic (exact) mass is 1040 g/mol. The quantitative estimate of drug-likeness (QED) is 0.0857. The van der Waals surface area contributed by atoms with E-state index < -0.39 is 36.7 Å². The van der Waals surface area contributed by atoms with Gasteiger partial charge in [0.15, 0.2) is 0 Å². The number of likely N-dealkylation sites (tertiary alicyclic amines) is 1. The number of thiophene rings is 1. The third-order valence-corrected chi connectivity index (χ3v) is 13.6. The van der Waals surface area contributed by atoms with Gasteiger partial charge >= 0.3 is 12.2 Å². The van der Waals surface area contributed by atoms with Crippen LogP contribution in [0.3, 0.4) is 0 Å². The van der Waals surface area contributed by atoms with Crippen LogP contribution < -0.4 is 20.7 Å². The molecule has 0 saturated carbocycles. The van der Waals surface area contributed by atoms with E-state index in [-0.39, 0.29) is 83.7 Å². The number of rotatable bonds is 11. The first-order chi connectivity index (χ1) is 31.3. The minimum absolute atomic E-state index is 0. The number of carbonyl (C=O) groups is 4. The Morgan fingerprint density at radius 2 is 1.38 bits per heavy atom. The van der Waals surface area contributed by atoms with Gasteiger partial charge in [0.1, 0.15) is 35.6 Å². The summed E-state index contributed by atoms with van der Waals surface area (Å²) >= 11 is 1.70. The molecule has 0 spiro atoms. The van der Waals surface area contributed by atoms with Crippen molar-refractivity contribution < 1.29 is 33.4 Å². The number of hydrogen-bond donors (Lipinski definition) is 5. The Morgan fingerprint density at radius 1 is 0.768 bits per heavy atom. The summed E-state index contributed by atoms with van der Waals surface area (Å²) in [4.78, 5) is 73.9. The lowest BCUT2D eigenvalue weighted by molar-refractivity contribution is -0.136. The number of nitrogens with zero attached hydrogens (tertiary/aromatic N) is 5. The van der Waals surface area contributed by atoms with Crippen molar-refractivity contribution in [2.75, 3.05) is 33.9 Å². The fourth-order valence-corrected chi connectivity index (χ4v) is 10.1. The molecule has 6 aromatic rings. The number of alkyl carbamates (subject to hydrolysis) is 2. The number of benzene rings is 2. The number of nitrogens with one attached hydrogen (secondary N) is 5. The molecule has 22 heteroatoms. The topological polar surface area (TPSA) is 201 Å². The van der Waals surface area contributed by atoms with Crippen LogP contribution in [0.15, 0.2) is 67.0 Å². The molecule has 17 nitrogen and oxygen atoms in total. The summed E-state index contributed by atoms with van der Waals surface area (Å²) in [5.41, 5.74) is 6.40. The van der Waals surface area contributed by atoms with Crippen LogP contribution in [0.25, 0.3) is 44.7 Å². The Morgan fingerprint density at radius 3 is 2.00 bits per heavy atom. The fourth-order valence-electron chi connectivity index (χ4n) is 9.20. The van der Waals surface area contributed by atoms with E-state index in [4.69, 9.17) is 24.2 Å². The molecular weight excluding hydrogens is 977 g/mol. The molecule has 0 aliphatic carbocycles. The lowest BCUT2D eigenvalue weighted by Crippen LogP contribution is -2.51. The Kier molecular flexibility index (Phi) is 18.0. The van der Waals surface area contributed by atoms with Crippen LogP contribution in [0.5, 0.6) is 5.75 Å². The SMILES string of the molecule is COC(=O)N[C@H](C(=O)N1CCC[C@H]1c1ncc(-c2ccc3c(c2)OC(c2ccc(C)s2)n2c-3cc3cc(-c4cnc([C@@H]5NCCN5C(=O)[C@@H](NC(=O)OC)C(C)C)[nH]4)ccc32)[nH]1)C(C)C.S.S.S.S. The molecule has 69 heavy (non-hydrogen) atoms. The van der Waals surface area contributed by atoms with Crippen molar-refractivity contribution >= 4 is 100 Å². The number of hydrogen-bond acceptors (Lipinski definition) is 11. The van der Waals surface area contributed by atoms with Crippen molar-refractivity contribution in [3.8, 4) is 39.5 Å². The highest BCUT2D eigenvalue weighted by atomic mass is 32.1. The molecular formula is C47H62N10O7S5. The molecule has 5 N–H and O–H groups in total. The normalized spacial score (nSPS) is 17.8. The maximum absolute atomic E-state index is 13.8. The van der Waals surface area contributed by atoms with E-state index in [1.165, 1.54) is 19.1 Å². The van der Waals surface area contributed by atoms with Gasteiger partial charge in [0.2, 0.25) is 18.0 Å². The van der Waals surface area contributed by atoms with E-state index in [1.807, 2.05) is 38.7 Å². The van der Waals surface area contributed by atoms with E-state index in [9.17, 15) is 19.2 Å². The number of carbonyl (C=O) groups excluding carboxylic acids is 4. The Labute approximate surface area is 433 Å². The number of fused-ring (bicyclic) bond motifs is 5. The Hall–Kier alpha value is -5.26. The minimum Gasteiger partial charge on any atom is -0.464 e. The van der Waals surface area contributed by atoms with Gasteiger partial charge in [0.25, 0.3) is 0 Å². The van der Waals surface area contributed by atoms with Crippen molar-refractivity contribution in [2.45, 2.75) is 78.0 Å². The zero-order chi connectivity index (χ0) is 45.7. The van der Waals surface area contributed by atoms with E-state index in [0.29, 0.717) is 31.3 Å². The van der Waals surface area contributed by atoms with Gasteiger partial charge in [-0.1, -0.05) is 39.8 Å². The predicted molar refractivity (Wildman–Crippen MR) is 286 cm³/mol. The van der Waals surface area contributed by atoms with E-state index in [0.717, 1.165) is 68.1 Å². The van der Waals surface area contributed by atoms with Gasteiger partial charge in [-0.2, -0.15) is 54.0 Å². The second kappa shape index (κ2) is 22.7. The molecule has 3 aliphatic rings. The first-order valence-corrected chi connectivity index (χ1v) is 22.8. The standard InChI is InChI=1S/C47H54N10O7S.4H2S/c1-24(2)38(53-46(60)62-6)43(58)55-17-8-9-34(55)40-49-22-32(51-40)28-11-13-30-35-20-29-19-27(12-14-33(29)57(35)45(64-36(30)21-28)37-15-10-26(5)65-37)31-23-50-41(52-31)42-48-16-18-56(42)44(59)39(25(3)4)54-47(61)63-7;;;;/h10-15,19-25,34,38-39,42,45,48H,8-9,16-18H2,1-7H3,(H,49,51)(H,50,52)(H,53,60)(H,54,61);4*1H2/t34-,38-,39-,42+,45?;;;;/m0..../s1. The van der Waals surface area contributed by atoms with E-state index >= 15 is 0 Å². The fraction of sp³-hybridized carbons (Fsp3) is 0.404. The maximum Gasteiger partial charge on any atom is 0.407 e. The van der Waals surface area contributed by atoms with E-state index in [1.54, 1.807) is 28.6 Å². The van der Waals surface area contributed by atoms with Crippen LogP contribution in [0.1, 0.15) is 80.4 Å². The van der Waals surface area contributed by atoms with Gasteiger partial charge in [0, 0.05) is 46.6 Å². The highest BCUT2D eigenvalue weighted by Crippen LogP contribution is 2.47. The molecule has 9 rings (SSSR count). The van der Waals surface area contributed by atoms with E-state index in [2.05, 4.69) is 85.9 Å². The van der Waals surface area contributed by atoms with Gasteiger partial charge < -0.3 is 44.6 Å². The lowest BCUT2D eigenvalue weighted by Gasteiger charge is -2.30. The second-order valence-corrected chi connectivity index (χ2v) is 18.8. The van der Waals surface area contributed by atoms with Crippen LogP contribution in [-0.2, 0) is 19.1 Å². The minimum atomic E-state index is -0.752. The van der Waals surface area contributed by atoms with Crippen LogP contribution in [0.2, 0.25) is 0 Å². The van der Waals surface area contributed by atoms with Crippen LogP contribution in [0.4, 0.5) is 9.59 Å². The van der Waals surface area contributed by atoms with Gasteiger partial charge in [-0.05, 0) is 74.1 Å². The smallest absolute Gasteiger partial charge is 0.407 e. The zero-order valence-electron chi connectivity index (χ0n) is 39.4. The molecule has 7 heterocycles. The third kappa shape index (κ3) is 10.6. The van der Waals surface area contributed by atoms with Crippen LogP contribution in [-0.4, -0.2) is 104 Å².